The van der Waals surface area contributed by atoms with Gasteiger partial charge in [-0.1, -0.05) is 147 Å². The number of hydrogen-bond acceptors (Lipinski definition) is 4. The van der Waals surface area contributed by atoms with Crippen LogP contribution in [0.4, 0.5) is 5.69 Å². The van der Waals surface area contributed by atoms with Crippen LogP contribution in [0.2, 0.25) is 0 Å². The molecule has 0 saturated heterocycles. The predicted molar refractivity (Wildman–Crippen MR) is 302 cm³/mol. The van der Waals surface area contributed by atoms with Crippen LogP contribution in [0.1, 0.15) is 171 Å². The average Bonchev–Trinajstić information content (AvgIpc) is 3.83. The van der Waals surface area contributed by atoms with Crippen LogP contribution in [0.25, 0.3) is 38.8 Å². The summed E-state index contributed by atoms with van der Waals surface area (Å²) in [7, 11) is 0. The number of anilines is 1. The zero-order chi connectivity index (χ0) is 51.5. The van der Waals surface area contributed by atoms with Gasteiger partial charge >= 0.3 is 21.1 Å². The number of aliphatic imine (C=N–C) groups is 1. The Hall–Kier alpha value is -5.77. The smallest absolute Gasteiger partial charge is 0.503 e. The van der Waals surface area contributed by atoms with Crippen molar-refractivity contribution >= 4 is 33.5 Å². The second-order valence-electron chi connectivity index (χ2n) is 24.5. The van der Waals surface area contributed by atoms with Crippen LogP contribution in [0.15, 0.2) is 90.1 Å². The normalized spacial score (nSPS) is 18.6. The summed E-state index contributed by atoms with van der Waals surface area (Å²) in [4.78, 5) is 13.8. The molecule has 0 fully saturated rings. The van der Waals surface area contributed by atoms with Gasteiger partial charge in [-0.25, -0.2) is 4.98 Å². The van der Waals surface area contributed by atoms with Gasteiger partial charge in [-0.2, -0.15) is 6.07 Å². The molecule has 0 N–H and O–H groups in total. The second kappa shape index (κ2) is 17.1. The van der Waals surface area contributed by atoms with E-state index in [9.17, 15) is 0 Å². The van der Waals surface area contributed by atoms with Crippen LogP contribution in [0.3, 0.4) is 0 Å². The second-order valence-corrected chi connectivity index (χ2v) is 24.5. The molecule has 0 bridgehead atoms. The fourth-order valence-electron chi connectivity index (χ4n) is 13.1. The van der Waals surface area contributed by atoms with Crippen molar-refractivity contribution in [1.82, 2.24) is 9.55 Å². The maximum absolute atomic E-state index is 7.35. The van der Waals surface area contributed by atoms with Crippen molar-refractivity contribution in [3.8, 4) is 28.3 Å². The zero-order valence-electron chi connectivity index (χ0n) is 46.5. The van der Waals surface area contributed by atoms with E-state index in [0.717, 1.165) is 40.3 Å². The predicted octanol–water partition coefficient (Wildman–Crippen LogP) is 17.1. The quantitative estimate of drug-likeness (QED) is 0.149. The number of rotatable bonds is 7. The third-order valence-electron chi connectivity index (χ3n) is 17.3. The zero-order valence-corrected chi connectivity index (χ0v) is 48.7. The van der Waals surface area contributed by atoms with E-state index in [1.165, 1.54) is 99.9 Å². The summed E-state index contributed by atoms with van der Waals surface area (Å²) in [5.74, 6) is 2.80. The van der Waals surface area contributed by atoms with Crippen molar-refractivity contribution in [2.45, 2.75) is 165 Å². The van der Waals surface area contributed by atoms with Gasteiger partial charge in [0, 0.05) is 34.2 Å². The first-order valence-electron chi connectivity index (χ1n) is 26.3. The molecule has 5 nitrogen and oxygen atoms in total. The molecule has 11 rings (SSSR count). The molecule has 73 heavy (non-hydrogen) atoms. The van der Waals surface area contributed by atoms with Gasteiger partial charge in [0.2, 0.25) is 0 Å². The van der Waals surface area contributed by atoms with Crippen LogP contribution in [-0.2, 0) is 43.9 Å². The molecule has 0 amide bonds. The molecule has 3 aliphatic rings. The summed E-state index contributed by atoms with van der Waals surface area (Å²) in [5.41, 5.74) is 24.0. The van der Waals surface area contributed by atoms with Crippen molar-refractivity contribution in [2.75, 3.05) is 4.90 Å². The van der Waals surface area contributed by atoms with E-state index in [-0.39, 0.29) is 43.7 Å². The third-order valence-corrected chi connectivity index (χ3v) is 17.3. The van der Waals surface area contributed by atoms with Gasteiger partial charge in [-0.05, 0) is 163 Å². The Balaban J connectivity index is 0.00000611. The van der Waals surface area contributed by atoms with Crippen molar-refractivity contribution in [3.63, 3.8) is 0 Å². The third kappa shape index (κ3) is 7.47. The number of amidine groups is 1. The molecular formula is C67H72N4OPt. The molecule has 0 radical (unpaired) electrons. The first-order chi connectivity index (χ1) is 33.8. The molecule has 6 aromatic carbocycles. The van der Waals surface area contributed by atoms with E-state index >= 15 is 0 Å². The molecule has 2 aromatic heterocycles. The minimum atomic E-state index is -0.550. The summed E-state index contributed by atoms with van der Waals surface area (Å²) in [6.07, 6.45) is 2.81. The van der Waals surface area contributed by atoms with E-state index in [4.69, 9.17) is 14.7 Å². The van der Waals surface area contributed by atoms with Gasteiger partial charge < -0.3 is 19.2 Å². The monoisotopic (exact) mass is 1140 g/mol. The fraction of sp³-hybridized carbons (Fsp3) is 0.373. The Morgan fingerprint density at radius 2 is 1.33 bits per heavy atom. The summed E-state index contributed by atoms with van der Waals surface area (Å²) in [6, 6.07) is 38.1. The molecule has 8 aromatic rings. The SMILES string of the molecule is Cc1cc(C)c(-c2cc(Oc3[c-]c4c(cc3C)C(C)(C)c3cc(C(C)(C)C)cc5c6c(C)ccnc6n-4c35)[c-]c(C3=N[C@]4(C)c5cc(C)c(C)cc5C[C@]4(C)N3c3c(C(C)C)cccc3C(C)C)c2)c(C)c1.[Pt+2]. The first-order valence-corrected chi connectivity index (χ1v) is 26.3. The number of fused-ring (bicyclic) bond motifs is 8. The number of hydrogen-bond donors (Lipinski definition) is 0. The first kappa shape index (κ1) is 50.7. The fourth-order valence-corrected chi connectivity index (χ4v) is 13.1. The molecule has 6 heteroatoms. The van der Waals surface area contributed by atoms with Crippen molar-refractivity contribution < 1.29 is 25.8 Å². The van der Waals surface area contributed by atoms with E-state index in [0.29, 0.717) is 11.5 Å². The van der Waals surface area contributed by atoms with Crippen molar-refractivity contribution in [2.24, 2.45) is 4.99 Å². The van der Waals surface area contributed by atoms with E-state index in [1.807, 2.05) is 6.20 Å². The van der Waals surface area contributed by atoms with Gasteiger partial charge in [0.1, 0.15) is 5.65 Å². The number of aromatic nitrogens is 2. The summed E-state index contributed by atoms with van der Waals surface area (Å²) >= 11 is 0. The van der Waals surface area contributed by atoms with Crippen LogP contribution in [0, 0.1) is 60.6 Å². The number of para-hydroxylation sites is 1. The van der Waals surface area contributed by atoms with Crippen LogP contribution in [-0.4, -0.2) is 20.9 Å². The standard InChI is InChI=1S/C67H72N4O.Pt/c1-36(2)50-20-19-21-51(37(3)4)60(50)71-62(69-67(18)53-27-41(8)40(7)26-47(53)35-66(67,71)17)46-29-45(58-43(10)24-38(5)25-44(58)11)30-49(31-46)72-57-34-56-54(28-42(57)9)65(15,16)55-33-48(64(12,13)14)32-52-59-39(6)22-23-68-63(59)70(56)61(52)55;/h19-30,32-33,36-37H,35H2,1-18H3;/q-2;+2/t66-,67+;/m0./s1. The Kier molecular flexibility index (Phi) is 11.9. The Morgan fingerprint density at radius 3 is 1.97 bits per heavy atom. The largest absolute Gasteiger partial charge is 2.00 e. The average molecular weight is 1140 g/mol. The van der Waals surface area contributed by atoms with Gasteiger partial charge in [-0.15, -0.1) is 28.8 Å². The minimum Gasteiger partial charge on any atom is -0.503 e. The molecule has 1 aliphatic carbocycles. The van der Waals surface area contributed by atoms with Crippen LogP contribution < -0.4 is 9.64 Å². The van der Waals surface area contributed by atoms with Gasteiger partial charge in [0.25, 0.3) is 0 Å². The maximum atomic E-state index is 7.35. The van der Waals surface area contributed by atoms with Gasteiger partial charge in [-0.3, -0.25) is 0 Å². The molecule has 2 aliphatic heterocycles. The maximum Gasteiger partial charge on any atom is 2.00 e. The molecule has 2 atom stereocenters. The van der Waals surface area contributed by atoms with E-state index < -0.39 is 11.1 Å². The summed E-state index contributed by atoms with van der Waals surface area (Å²) in [5, 5.41) is 2.43. The van der Waals surface area contributed by atoms with Gasteiger partial charge in [0.15, 0.2) is 0 Å². The Morgan fingerprint density at radius 1 is 0.685 bits per heavy atom. The molecule has 0 unspecified atom stereocenters. The number of aryl methyl sites for hydroxylation is 7. The summed E-state index contributed by atoms with van der Waals surface area (Å²) < 4.78 is 9.71. The molecule has 4 heterocycles. The van der Waals surface area contributed by atoms with Crippen molar-refractivity contribution in [3.05, 3.63) is 181 Å². The number of nitrogens with zero attached hydrogens (tertiary/aromatic N) is 4. The molecule has 376 valence electrons. The Bertz CT molecular complexity index is 3620. The van der Waals surface area contributed by atoms with E-state index in [1.54, 1.807) is 0 Å². The van der Waals surface area contributed by atoms with E-state index in [2.05, 4.69) is 225 Å². The minimum absolute atomic E-state index is 0. The molecular weight excluding hydrogens is 1070 g/mol. The van der Waals surface area contributed by atoms with Crippen molar-refractivity contribution in [1.29, 1.82) is 0 Å². The number of pyridine rings is 1. The van der Waals surface area contributed by atoms with Gasteiger partial charge in [0.05, 0.1) is 22.4 Å². The number of benzene rings is 6. The molecule has 0 spiro atoms. The summed E-state index contributed by atoms with van der Waals surface area (Å²) in [6.45, 7) is 41.3. The van der Waals surface area contributed by atoms with Crippen LogP contribution >= 0.6 is 0 Å². The Labute approximate surface area is 449 Å². The topological polar surface area (TPSA) is 42.6 Å². The molecule has 0 saturated carbocycles. The number of ether oxygens (including phenoxy) is 1. The van der Waals surface area contributed by atoms with Crippen LogP contribution in [0.5, 0.6) is 11.5 Å².